The monoisotopic (exact) mass is 333 g/mol. The average molecular weight is 333 g/mol. The predicted molar refractivity (Wildman–Crippen MR) is 97.0 cm³/mol. The van der Waals surface area contributed by atoms with E-state index in [1.807, 2.05) is 24.9 Å². The van der Waals surface area contributed by atoms with Crippen LogP contribution in [0.4, 0.5) is 5.95 Å². The Morgan fingerprint density at radius 2 is 1.88 bits per heavy atom. The van der Waals surface area contributed by atoms with Crippen LogP contribution >= 0.6 is 0 Å². The molecule has 0 N–H and O–H groups in total. The summed E-state index contributed by atoms with van der Waals surface area (Å²) in [5.41, 5.74) is 0. The van der Waals surface area contributed by atoms with Crippen LogP contribution in [0, 0.1) is 5.92 Å². The number of carbonyl (C=O) groups excluding carboxylic acids is 1. The Morgan fingerprint density at radius 3 is 2.50 bits per heavy atom. The van der Waals surface area contributed by atoms with Crippen molar-refractivity contribution in [3.8, 4) is 0 Å². The zero-order valence-electron chi connectivity index (χ0n) is 15.3. The molecular formula is C18H31N5O. The maximum atomic E-state index is 12.0. The molecule has 2 heterocycles. The van der Waals surface area contributed by atoms with E-state index < -0.39 is 0 Å². The molecule has 1 aromatic rings. The van der Waals surface area contributed by atoms with E-state index in [9.17, 15) is 4.79 Å². The van der Waals surface area contributed by atoms with Crippen LogP contribution in [0.25, 0.3) is 0 Å². The van der Waals surface area contributed by atoms with Gasteiger partial charge in [-0.3, -0.25) is 9.69 Å². The van der Waals surface area contributed by atoms with Gasteiger partial charge in [-0.2, -0.15) is 0 Å². The number of aromatic nitrogens is 2. The van der Waals surface area contributed by atoms with Gasteiger partial charge in [0.05, 0.1) is 0 Å². The molecule has 2 rings (SSSR count). The van der Waals surface area contributed by atoms with Crippen molar-refractivity contribution in [3.05, 3.63) is 18.5 Å². The van der Waals surface area contributed by atoms with Crippen molar-refractivity contribution in [2.24, 2.45) is 5.92 Å². The Morgan fingerprint density at radius 1 is 1.21 bits per heavy atom. The van der Waals surface area contributed by atoms with Gasteiger partial charge >= 0.3 is 0 Å². The maximum Gasteiger partial charge on any atom is 0.225 e. The first-order valence-corrected chi connectivity index (χ1v) is 9.11. The third kappa shape index (κ3) is 5.44. The van der Waals surface area contributed by atoms with Crippen LogP contribution < -0.4 is 4.90 Å². The number of nitrogens with zero attached hydrogens (tertiary/aromatic N) is 5. The molecule has 1 aromatic heterocycles. The van der Waals surface area contributed by atoms with Gasteiger partial charge < -0.3 is 9.80 Å². The number of amides is 1. The lowest BCUT2D eigenvalue weighted by molar-refractivity contribution is -0.133. The van der Waals surface area contributed by atoms with E-state index in [4.69, 9.17) is 0 Å². The van der Waals surface area contributed by atoms with Crippen molar-refractivity contribution in [3.63, 3.8) is 0 Å². The van der Waals surface area contributed by atoms with Gasteiger partial charge in [-0.05, 0) is 31.9 Å². The molecule has 0 radical (unpaired) electrons. The number of hydrogen-bond acceptors (Lipinski definition) is 5. The molecule has 1 fully saturated rings. The fraction of sp³-hybridized carbons (Fsp3) is 0.722. The number of piperazine rings is 1. The number of anilines is 1. The zero-order chi connectivity index (χ0) is 17.4. The summed E-state index contributed by atoms with van der Waals surface area (Å²) in [4.78, 5) is 27.3. The minimum atomic E-state index is 0.142. The van der Waals surface area contributed by atoms with E-state index in [1.54, 1.807) is 12.4 Å². The molecule has 134 valence electrons. The van der Waals surface area contributed by atoms with Gasteiger partial charge in [-0.15, -0.1) is 0 Å². The molecule has 0 bridgehead atoms. The summed E-state index contributed by atoms with van der Waals surface area (Å²) in [5, 5.41) is 0. The lowest BCUT2D eigenvalue weighted by Crippen LogP contribution is -2.47. The van der Waals surface area contributed by atoms with Crippen molar-refractivity contribution in [2.75, 3.05) is 51.2 Å². The minimum absolute atomic E-state index is 0.142. The molecular weight excluding hydrogens is 302 g/mol. The Kier molecular flexibility index (Phi) is 7.43. The van der Waals surface area contributed by atoms with Crippen molar-refractivity contribution < 1.29 is 4.79 Å². The predicted octanol–water partition coefficient (Wildman–Crippen LogP) is 1.88. The minimum Gasteiger partial charge on any atom is -0.346 e. The molecule has 1 aliphatic heterocycles. The van der Waals surface area contributed by atoms with Gasteiger partial charge in [0.1, 0.15) is 0 Å². The third-order valence-corrected chi connectivity index (χ3v) is 4.84. The van der Waals surface area contributed by atoms with Crippen LogP contribution in [0.5, 0.6) is 0 Å². The molecule has 0 saturated carbocycles. The summed E-state index contributed by atoms with van der Waals surface area (Å²) >= 11 is 0. The molecule has 0 aliphatic carbocycles. The number of hydrogen-bond donors (Lipinski definition) is 0. The standard InChI is InChI=1S/C18H31N5O/c1-4-16(2)17(24)21(3)10-5-6-11-22-12-14-23(15-13-22)18-19-8-7-9-20-18/h7-9,16H,4-6,10-15H2,1-3H3. The van der Waals surface area contributed by atoms with Crippen molar-refractivity contribution >= 4 is 11.9 Å². The van der Waals surface area contributed by atoms with E-state index in [0.29, 0.717) is 0 Å². The Balaban J connectivity index is 1.60. The highest BCUT2D eigenvalue weighted by molar-refractivity contribution is 5.78. The van der Waals surface area contributed by atoms with E-state index >= 15 is 0 Å². The summed E-state index contributed by atoms with van der Waals surface area (Å²) in [6.45, 7) is 10.1. The van der Waals surface area contributed by atoms with E-state index in [1.165, 1.54) is 0 Å². The molecule has 1 aliphatic rings. The molecule has 6 heteroatoms. The average Bonchev–Trinajstić information content (AvgIpc) is 2.65. The largest absolute Gasteiger partial charge is 0.346 e. The molecule has 1 saturated heterocycles. The van der Waals surface area contributed by atoms with Gasteiger partial charge in [0.15, 0.2) is 0 Å². The summed E-state index contributed by atoms with van der Waals surface area (Å²) in [6.07, 6.45) is 6.72. The molecule has 0 spiro atoms. The number of carbonyl (C=O) groups is 1. The van der Waals surface area contributed by atoms with Crippen LogP contribution in [0.3, 0.4) is 0 Å². The number of rotatable bonds is 8. The highest BCUT2D eigenvalue weighted by atomic mass is 16.2. The summed E-state index contributed by atoms with van der Waals surface area (Å²) in [7, 11) is 1.92. The highest BCUT2D eigenvalue weighted by Crippen LogP contribution is 2.11. The number of unbranched alkanes of at least 4 members (excludes halogenated alkanes) is 1. The fourth-order valence-electron chi connectivity index (χ4n) is 2.97. The second-order valence-electron chi connectivity index (χ2n) is 6.65. The summed E-state index contributed by atoms with van der Waals surface area (Å²) in [6, 6.07) is 1.85. The van der Waals surface area contributed by atoms with E-state index in [0.717, 1.165) is 64.5 Å². The normalized spacial score (nSPS) is 16.9. The van der Waals surface area contributed by atoms with Gasteiger partial charge in [-0.1, -0.05) is 13.8 Å². The first kappa shape index (κ1) is 18.6. The molecule has 1 atom stereocenters. The maximum absolute atomic E-state index is 12.0. The van der Waals surface area contributed by atoms with Crippen LogP contribution in [-0.4, -0.2) is 72.0 Å². The lowest BCUT2D eigenvalue weighted by Gasteiger charge is -2.34. The Labute approximate surface area is 145 Å². The quantitative estimate of drug-likeness (QED) is 0.680. The van der Waals surface area contributed by atoms with Gasteiger partial charge in [0.25, 0.3) is 0 Å². The second kappa shape index (κ2) is 9.57. The molecule has 0 aromatic carbocycles. The second-order valence-corrected chi connectivity index (χ2v) is 6.65. The SMILES string of the molecule is CCC(C)C(=O)N(C)CCCCN1CCN(c2ncccn2)CC1. The van der Waals surface area contributed by atoms with Crippen LogP contribution in [-0.2, 0) is 4.79 Å². The highest BCUT2D eigenvalue weighted by Gasteiger charge is 2.19. The lowest BCUT2D eigenvalue weighted by atomic mass is 10.1. The molecule has 24 heavy (non-hydrogen) atoms. The summed E-state index contributed by atoms with van der Waals surface area (Å²) < 4.78 is 0. The van der Waals surface area contributed by atoms with E-state index in [-0.39, 0.29) is 11.8 Å². The zero-order valence-corrected chi connectivity index (χ0v) is 15.3. The van der Waals surface area contributed by atoms with Gasteiger partial charge in [0, 0.05) is 58.1 Å². The van der Waals surface area contributed by atoms with Gasteiger partial charge in [0.2, 0.25) is 11.9 Å². The topological polar surface area (TPSA) is 52.6 Å². The Bertz CT molecular complexity index is 487. The fourth-order valence-corrected chi connectivity index (χ4v) is 2.97. The van der Waals surface area contributed by atoms with Crippen LogP contribution in [0.2, 0.25) is 0 Å². The first-order chi connectivity index (χ1) is 11.6. The molecule has 1 unspecified atom stereocenters. The van der Waals surface area contributed by atoms with Crippen LogP contribution in [0.1, 0.15) is 33.1 Å². The molecule has 1 amide bonds. The van der Waals surface area contributed by atoms with Crippen molar-refractivity contribution in [1.82, 2.24) is 19.8 Å². The third-order valence-electron chi connectivity index (χ3n) is 4.84. The molecule has 6 nitrogen and oxygen atoms in total. The summed E-state index contributed by atoms with van der Waals surface area (Å²) in [5.74, 6) is 1.25. The Hall–Kier alpha value is -1.69. The van der Waals surface area contributed by atoms with Gasteiger partial charge in [-0.25, -0.2) is 9.97 Å². The smallest absolute Gasteiger partial charge is 0.225 e. The first-order valence-electron chi connectivity index (χ1n) is 9.11. The van der Waals surface area contributed by atoms with Crippen molar-refractivity contribution in [1.29, 1.82) is 0 Å². The van der Waals surface area contributed by atoms with Crippen molar-refractivity contribution in [2.45, 2.75) is 33.1 Å². The van der Waals surface area contributed by atoms with E-state index in [2.05, 4.69) is 26.7 Å². The van der Waals surface area contributed by atoms with Crippen LogP contribution in [0.15, 0.2) is 18.5 Å².